The van der Waals surface area contributed by atoms with Gasteiger partial charge in [0.15, 0.2) is 5.96 Å². The molecule has 1 rings (SSSR count). The normalized spacial score (nSPS) is 14.0. The molecule has 0 aliphatic rings. The van der Waals surface area contributed by atoms with Crippen molar-refractivity contribution in [1.29, 1.82) is 0 Å². The van der Waals surface area contributed by atoms with Gasteiger partial charge in [-0.05, 0) is 38.6 Å². The van der Waals surface area contributed by atoms with Crippen molar-refractivity contribution in [3.05, 3.63) is 18.2 Å². The first kappa shape index (κ1) is 31.7. The second-order valence-electron chi connectivity index (χ2n) is 8.33. The molecule has 0 saturated heterocycles. The largest absolute Gasteiger partial charge is 0.480 e. The van der Waals surface area contributed by atoms with E-state index in [1.807, 2.05) is 0 Å². The zero-order valence-electron chi connectivity index (χ0n) is 20.6. The lowest BCUT2D eigenvalue weighted by atomic mass is 10.0. The van der Waals surface area contributed by atoms with E-state index in [2.05, 4.69) is 43.5 Å². The van der Waals surface area contributed by atoms with E-state index >= 15 is 0 Å². The molecule has 208 valence electrons. The number of rotatable bonds is 18. The minimum absolute atomic E-state index is 0.0465. The van der Waals surface area contributed by atoms with Crippen LogP contribution in [0.1, 0.15) is 37.8 Å². The van der Waals surface area contributed by atoms with Crippen LogP contribution < -0.4 is 38.9 Å². The zero-order chi connectivity index (χ0) is 27.8. The molecule has 0 aliphatic heterocycles. The van der Waals surface area contributed by atoms with Crippen molar-refractivity contribution in [3.63, 3.8) is 0 Å². The maximum atomic E-state index is 13.1. The number of aliphatic imine (C=N–C) groups is 1. The van der Waals surface area contributed by atoms with Gasteiger partial charge < -0.3 is 49.0 Å². The van der Waals surface area contributed by atoms with Crippen molar-refractivity contribution in [2.45, 2.75) is 62.7 Å². The predicted molar refractivity (Wildman–Crippen MR) is 140 cm³/mol. The van der Waals surface area contributed by atoms with Crippen LogP contribution in [0.3, 0.4) is 0 Å². The van der Waals surface area contributed by atoms with Crippen molar-refractivity contribution in [2.24, 2.45) is 27.9 Å². The van der Waals surface area contributed by atoms with Crippen molar-refractivity contribution in [2.75, 3.05) is 18.8 Å². The predicted octanol–water partition coefficient (Wildman–Crippen LogP) is -3.07. The molecular formula is C21H38N10O5S. The number of aromatic nitrogens is 2. The summed E-state index contributed by atoms with van der Waals surface area (Å²) in [5.41, 5.74) is 22.4. The Morgan fingerprint density at radius 2 is 1.59 bits per heavy atom. The Morgan fingerprint density at radius 1 is 1.00 bits per heavy atom. The number of carboxylic acids is 1. The fraction of sp³-hybridized carbons (Fsp3) is 0.619. The average Bonchev–Trinajstić information content (AvgIpc) is 3.37. The second-order valence-corrected chi connectivity index (χ2v) is 8.69. The molecule has 0 saturated carbocycles. The molecule has 3 amide bonds. The molecule has 1 aromatic rings. The Labute approximate surface area is 220 Å². The minimum Gasteiger partial charge on any atom is -0.480 e. The van der Waals surface area contributed by atoms with Crippen LogP contribution in [0.5, 0.6) is 0 Å². The molecular weight excluding hydrogens is 504 g/mol. The van der Waals surface area contributed by atoms with Crippen LogP contribution in [0.2, 0.25) is 0 Å². The number of nitrogens with zero attached hydrogens (tertiary/aromatic N) is 2. The van der Waals surface area contributed by atoms with Crippen LogP contribution in [-0.4, -0.2) is 87.7 Å². The third-order valence-electron chi connectivity index (χ3n) is 5.29. The van der Waals surface area contributed by atoms with Gasteiger partial charge in [-0.3, -0.25) is 19.4 Å². The van der Waals surface area contributed by atoms with Gasteiger partial charge in [0.05, 0.1) is 12.4 Å². The number of hydrogen-bond acceptors (Lipinski definition) is 9. The molecule has 13 N–H and O–H groups in total. The number of unbranched alkanes of at least 4 members (excludes halogenated alkanes) is 1. The molecule has 0 radical (unpaired) electrons. The molecule has 15 nitrogen and oxygen atoms in total. The molecule has 0 aromatic carbocycles. The summed E-state index contributed by atoms with van der Waals surface area (Å²) in [5.74, 6) is -3.23. The number of aromatic amines is 1. The number of carbonyl (C=O) groups is 4. The summed E-state index contributed by atoms with van der Waals surface area (Å²) < 4.78 is 0. The van der Waals surface area contributed by atoms with Crippen LogP contribution >= 0.6 is 12.6 Å². The summed E-state index contributed by atoms with van der Waals surface area (Å²) in [6.45, 7) is 0.590. The number of imidazole rings is 1. The number of aliphatic carboxylic acids is 1. The molecule has 4 unspecified atom stereocenters. The van der Waals surface area contributed by atoms with Gasteiger partial charge in [-0.2, -0.15) is 12.6 Å². The highest BCUT2D eigenvalue weighted by molar-refractivity contribution is 7.80. The standard InChI is InChI=1S/C21H38N10O5S/c22-6-2-1-4-14(29-17(32)13(23)10-37)18(33)30-15(5-3-7-27-21(24)25)19(34)31-16(20(35)36)8-12-9-26-11-28-12/h9,11,13-16,37H,1-8,10,22-23H2,(H,26,28)(H,29,32)(H,30,33)(H,31,34)(H,35,36)(H4,24,25,27). The highest BCUT2D eigenvalue weighted by Crippen LogP contribution is 2.07. The zero-order valence-corrected chi connectivity index (χ0v) is 21.5. The lowest BCUT2D eigenvalue weighted by Crippen LogP contribution is -2.57. The van der Waals surface area contributed by atoms with E-state index in [-0.39, 0.29) is 37.5 Å². The van der Waals surface area contributed by atoms with Crippen LogP contribution in [0, 0.1) is 0 Å². The number of guanidine groups is 1. The monoisotopic (exact) mass is 542 g/mol. The van der Waals surface area contributed by atoms with Crippen molar-refractivity contribution in [3.8, 4) is 0 Å². The van der Waals surface area contributed by atoms with Crippen molar-refractivity contribution < 1.29 is 24.3 Å². The molecule has 0 bridgehead atoms. The third-order valence-corrected chi connectivity index (χ3v) is 5.68. The van der Waals surface area contributed by atoms with Gasteiger partial charge in [-0.15, -0.1) is 0 Å². The molecule has 1 aromatic heterocycles. The fourth-order valence-corrected chi connectivity index (χ4v) is 3.42. The Balaban J connectivity index is 3.02. The van der Waals surface area contributed by atoms with E-state index in [0.717, 1.165) is 0 Å². The highest BCUT2D eigenvalue weighted by atomic mass is 32.1. The molecule has 0 aliphatic carbocycles. The second kappa shape index (κ2) is 17.1. The van der Waals surface area contributed by atoms with Gasteiger partial charge in [0.2, 0.25) is 17.7 Å². The van der Waals surface area contributed by atoms with Crippen LogP contribution in [0.4, 0.5) is 0 Å². The van der Waals surface area contributed by atoms with E-state index in [0.29, 0.717) is 31.5 Å². The SMILES string of the molecule is NCCCCC(NC(=O)C(N)CS)C(=O)NC(CCCN=C(N)N)C(=O)NC(Cc1cnc[nH]1)C(=O)O. The number of nitrogens with one attached hydrogen (secondary N) is 4. The lowest BCUT2D eigenvalue weighted by Gasteiger charge is -2.25. The van der Waals surface area contributed by atoms with Gasteiger partial charge in [0.1, 0.15) is 18.1 Å². The molecule has 4 atom stereocenters. The van der Waals surface area contributed by atoms with E-state index in [1.165, 1.54) is 12.5 Å². The van der Waals surface area contributed by atoms with Gasteiger partial charge in [0.25, 0.3) is 0 Å². The van der Waals surface area contributed by atoms with Crippen LogP contribution in [0.25, 0.3) is 0 Å². The summed E-state index contributed by atoms with van der Waals surface area (Å²) in [5, 5.41) is 17.2. The number of H-pyrrole nitrogens is 1. The fourth-order valence-electron chi connectivity index (χ4n) is 3.26. The van der Waals surface area contributed by atoms with E-state index in [9.17, 15) is 24.3 Å². The molecule has 0 fully saturated rings. The molecule has 37 heavy (non-hydrogen) atoms. The summed E-state index contributed by atoms with van der Waals surface area (Å²) >= 11 is 4.00. The number of nitrogens with two attached hydrogens (primary N) is 4. The lowest BCUT2D eigenvalue weighted by molar-refractivity contribution is -0.142. The Kier molecular flexibility index (Phi) is 14.7. The summed E-state index contributed by atoms with van der Waals surface area (Å²) in [6, 6.07) is -4.32. The van der Waals surface area contributed by atoms with Crippen molar-refractivity contribution in [1.82, 2.24) is 25.9 Å². The smallest absolute Gasteiger partial charge is 0.326 e. The Bertz CT molecular complexity index is 894. The van der Waals surface area contributed by atoms with Gasteiger partial charge in [0, 0.05) is 30.6 Å². The first-order valence-electron chi connectivity index (χ1n) is 11.8. The number of carboxylic acid groups (broad SMARTS) is 1. The number of thiol groups is 1. The Morgan fingerprint density at radius 3 is 2.11 bits per heavy atom. The first-order chi connectivity index (χ1) is 17.6. The van der Waals surface area contributed by atoms with Crippen LogP contribution in [0.15, 0.2) is 17.5 Å². The van der Waals surface area contributed by atoms with Crippen LogP contribution in [-0.2, 0) is 25.6 Å². The maximum Gasteiger partial charge on any atom is 0.326 e. The van der Waals surface area contributed by atoms with E-state index < -0.39 is 47.9 Å². The summed E-state index contributed by atoms with van der Waals surface area (Å²) in [4.78, 5) is 60.7. The summed E-state index contributed by atoms with van der Waals surface area (Å²) in [6.07, 6.45) is 4.62. The molecule has 16 heteroatoms. The van der Waals surface area contributed by atoms with Gasteiger partial charge in [-0.1, -0.05) is 0 Å². The number of hydrogen-bond donors (Lipinski definition) is 10. The van der Waals surface area contributed by atoms with E-state index in [4.69, 9.17) is 22.9 Å². The van der Waals surface area contributed by atoms with Gasteiger partial charge in [-0.25, -0.2) is 9.78 Å². The summed E-state index contributed by atoms with van der Waals surface area (Å²) in [7, 11) is 0. The number of amides is 3. The first-order valence-corrected chi connectivity index (χ1v) is 12.4. The number of carbonyl (C=O) groups excluding carboxylic acids is 3. The molecule has 0 spiro atoms. The highest BCUT2D eigenvalue weighted by Gasteiger charge is 2.30. The van der Waals surface area contributed by atoms with Gasteiger partial charge >= 0.3 is 5.97 Å². The minimum atomic E-state index is -1.28. The molecule has 1 heterocycles. The Hall–Kier alpha value is -3.37. The third kappa shape index (κ3) is 12.4. The van der Waals surface area contributed by atoms with Crippen molar-refractivity contribution >= 4 is 42.3 Å². The van der Waals surface area contributed by atoms with E-state index in [1.54, 1.807) is 0 Å². The maximum absolute atomic E-state index is 13.1. The quantitative estimate of drug-likeness (QED) is 0.0387. The average molecular weight is 543 g/mol. The topological polar surface area (TPSA) is 270 Å².